The number of rotatable bonds is 6. The molecule has 1 aliphatic carbocycles. The smallest absolute Gasteiger partial charge is 0.414 e. The second kappa shape index (κ2) is 10.2. The van der Waals surface area contributed by atoms with Crippen molar-refractivity contribution < 1.29 is 14.3 Å². The van der Waals surface area contributed by atoms with Crippen LogP contribution in [0, 0.1) is 11.8 Å². The van der Waals surface area contributed by atoms with Gasteiger partial charge in [-0.1, -0.05) is 56.2 Å². The van der Waals surface area contributed by atoms with Crippen molar-refractivity contribution in [3.05, 3.63) is 48.7 Å². The van der Waals surface area contributed by atoms with Gasteiger partial charge in [-0.25, -0.2) is 4.79 Å². The van der Waals surface area contributed by atoms with Gasteiger partial charge in [-0.15, -0.1) is 0 Å². The molecule has 1 heterocycles. The molecular formula is C23H31NO3. The lowest BCUT2D eigenvalue weighted by Crippen LogP contribution is -2.37. The van der Waals surface area contributed by atoms with E-state index in [1.165, 1.54) is 38.4 Å². The molecule has 1 aromatic carbocycles. The molecule has 0 aromatic heterocycles. The van der Waals surface area contributed by atoms with E-state index in [9.17, 15) is 4.79 Å². The minimum Gasteiger partial charge on any atom is -0.493 e. The number of amides is 1. The number of carbonyl (C=O) groups is 1. The van der Waals surface area contributed by atoms with Crippen LogP contribution in [0.4, 0.5) is 4.79 Å². The lowest BCUT2D eigenvalue weighted by atomic mass is 9.90. The van der Waals surface area contributed by atoms with Crippen molar-refractivity contribution in [2.45, 2.75) is 44.9 Å². The van der Waals surface area contributed by atoms with Gasteiger partial charge in [0.2, 0.25) is 0 Å². The van der Waals surface area contributed by atoms with E-state index in [-0.39, 0.29) is 6.09 Å². The highest BCUT2D eigenvalue weighted by atomic mass is 16.5. The molecule has 1 aliphatic heterocycles. The molecule has 0 bridgehead atoms. The predicted octanol–water partition coefficient (Wildman–Crippen LogP) is 5.65. The van der Waals surface area contributed by atoms with Gasteiger partial charge in [-0.3, -0.25) is 0 Å². The molecule has 0 N–H and O–H groups in total. The van der Waals surface area contributed by atoms with Crippen LogP contribution in [-0.2, 0) is 4.74 Å². The fraction of sp³-hybridized carbons (Fsp3) is 0.522. The van der Waals surface area contributed by atoms with Gasteiger partial charge in [0.15, 0.2) is 0 Å². The molecular weight excluding hydrogens is 338 g/mol. The standard InChI is InChI=1S/C23H31NO3/c1-2-26-23(25)24-16-14-19(15-17-24)12-13-21-10-6-7-11-22(21)27-18-20-8-4-3-5-9-20/h2,6-7,10-13,19-20H,1,3-5,8-9,14-18H2. The van der Waals surface area contributed by atoms with Crippen LogP contribution in [0.15, 0.2) is 43.2 Å². The lowest BCUT2D eigenvalue weighted by molar-refractivity contribution is 0.122. The third-order valence-corrected chi connectivity index (χ3v) is 5.65. The van der Waals surface area contributed by atoms with Crippen LogP contribution in [0.1, 0.15) is 50.5 Å². The number of likely N-dealkylation sites (tertiary alicyclic amines) is 1. The SMILES string of the molecule is C=COC(=O)N1CCC(C=Cc2ccccc2OCC2CCCCC2)CC1. The number of carbonyl (C=O) groups excluding carboxylic acids is 1. The Morgan fingerprint density at radius 1 is 1.11 bits per heavy atom. The number of ether oxygens (including phenoxy) is 2. The van der Waals surface area contributed by atoms with Crippen LogP contribution >= 0.6 is 0 Å². The van der Waals surface area contributed by atoms with Crippen molar-refractivity contribution >= 4 is 12.2 Å². The lowest BCUT2D eigenvalue weighted by Gasteiger charge is -2.29. The minimum absolute atomic E-state index is 0.297. The van der Waals surface area contributed by atoms with E-state index in [1.54, 1.807) is 4.90 Å². The van der Waals surface area contributed by atoms with Gasteiger partial charge < -0.3 is 14.4 Å². The van der Waals surface area contributed by atoms with Gasteiger partial charge in [0.25, 0.3) is 0 Å². The second-order valence-corrected chi connectivity index (χ2v) is 7.59. The molecule has 0 atom stereocenters. The molecule has 27 heavy (non-hydrogen) atoms. The van der Waals surface area contributed by atoms with Crippen molar-refractivity contribution in [1.29, 1.82) is 0 Å². The van der Waals surface area contributed by atoms with Crippen molar-refractivity contribution in [3.8, 4) is 5.75 Å². The summed E-state index contributed by atoms with van der Waals surface area (Å²) in [5.41, 5.74) is 1.14. The summed E-state index contributed by atoms with van der Waals surface area (Å²) in [7, 11) is 0. The molecule has 1 aromatic rings. The summed E-state index contributed by atoms with van der Waals surface area (Å²) in [6.07, 6.45) is 13.9. The highest BCUT2D eigenvalue weighted by Gasteiger charge is 2.22. The number of hydrogen-bond donors (Lipinski definition) is 0. The number of piperidine rings is 1. The third kappa shape index (κ3) is 5.88. The minimum atomic E-state index is -0.297. The summed E-state index contributed by atoms with van der Waals surface area (Å²) in [5, 5.41) is 0. The maximum atomic E-state index is 11.7. The Morgan fingerprint density at radius 2 is 1.85 bits per heavy atom. The van der Waals surface area contributed by atoms with E-state index in [4.69, 9.17) is 9.47 Å². The van der Waals surface area contributed by atoms with Crippen molar-refractivity contribution in [2.24, 2.45) is 11.8 Å². The highest BCUT2D eigenvalue weighted by molar-refractivity contribution is 5.68. The Morgan fingerprint density at radius 3 is 2.59 bits per heavy atom. The monoisotopic (exact) mass is 369 g/mol. The van der Waals surface area contributed by atoms with E-state index in [2.05, 4.69) is 36.9 Å². The number of hydrogen-bond acceptors (Lipinski definition) is 3. The fourth-order valence-corrected chi connectivity index (χ4v) is 3.97. The molecule has 4 nitrogen and oxygen atoms in total. The van der Waals surface area contributed by atoms with Gasteiger partial charge in [0.05, 0.1) is 12.9 Å². The van der Waals surface area contributed by atoms with Crippen LogP contribution < -0.4 is 4.74 Å². The number of allylic oxidation sites excluding steroid dienone is 1. The first-order valence-electron chi connectivity index (χ1n) is 10.2. The summed E-state index contributed by atoms with van der Waals surface area (Å²) >= 11 is 0. The zero-order valence-corrected chi connectivity index (χ0v) is 16.1. The van der Waals surface area contributed by atoms with E-state index >= 15 is 0 Å². The van der Waals surface area contributed by atoms with Crippen molar-refractivity contribution in [1.82, 2.24) is 4.90 Å². The normalized spacial score (nSPS) is 19.2. The van der Waals surface area contributed by atoms with Crippen molar-refractivity contribution in [3.63, 3.8) is 0 Å². The maximum Gasteiger partial charge on any atom is 0.414 e. The number of para-hydroxylation sites is 1. The molecule has 3 rings (SSSR count). The first kappa shape index (κ1) is 19.5. The number of benzene rings is 1. The molecule has 146 valence electrons. The largest absolute Gasteiger partial charge is 0.493 e. The van der Waals surface area contributed by atoms with Gasteiger partial charge in [-0.05, 0) is 43.6 Å². The predicted molar refractivity (Wildman–Crippen MR) is 109 cm³/mol. The summed E-state index contributed by atoms with van der Waals surface area (Å²) in [6, 6.07) is 8.28. The molecule has 0 spiro atoms. The Kier molecular flexibility index (Phi) is 7.37. The Balaban J connectivity index is 1.51. The number of nitrogens with zero attached hydrogens (tertiary/aromatic N) is 1. The first-order chi connectivity index (χ1) is 13.3. The molecule has 2 aliphatic rings. The fourth-order valence-electron chi connectivity index (χ4n) is 3.97. The van der Waals surface area contributed by atoms with E-state index in [1.807, 2.05) is 6.07 Å². The summed E-state index contributed by atoms with van der Waals surface area (Å²) in [4.78, 5) is 13.5. The molecule has 1 saturated carbocycles. The van der Waals surface area contributed by atoms with Gasteiger partial charge in [-0.2, -0.15) is 0 Å². The molecule has 1 saturated heterocycles. The average molecular weight is 370 g/mol. The molecule has 1 amide bonds. The van der Waals surface area contributed by atoms with Crippen LogP contribution in [-0.4, -0.2) is 30.7 Å². The zero-order chi connectivity index (χ0) is 18.9. The van der Waals surface area contributed by atoms with Crippen LogP contribution in [0.3, 0.4) is 0 Å². The van der Waals surface area contributed by atoms with E-state index in [0.717, 1.165) is 43.9 Å². The van der Waals surface area contributed by atoms with E-state index < -0.39 is 0 Å². The second-order valence-electron chi connectivity index (χ2n) is 7.59. The van der Waals surface area contributed by atoms with Crippen LogP contribution in [0.2, 0.25) is 0 Å². The van der Waals surface area contributed by atoms with Crippen LogP contribution in [0.25, 0.3) is 6.08 Å². The Bertz CT molecular complexity index is 641. The highest BCUT2D eigenvalue weighted by Crippen LogP contribution is 2.27. The first-order valence-corrected chi connectivity index (χ1v) is 10.2. The molecule has 0 radical (unpaired) electrons. The molecule has 4 heteroatoms. The Hall–Kier alpha value is -2.23. The quantitative estimate of drug-likeness (QED) is 0.608. The maximum absolute atomic E-state index is 11.7. The van der Waals surface area contributed by atoms with Gasteiger partial charge >= 0.3 is 6.09 Å². The van der Waals surface area contributed by atoms with Gasteiger partial charge in [0.1, 0.15) is 5.75 Å². The molecule has 0 unspecified atom stereocenters. The third-order valence-electron chi connectivity index (χ3n) is 5.65. The summed E-state index contributed by atoms with van der Waals surface area (Å²) < 4.78 is 11.0. The summed E-state index contributed by atoms with van der Waals surface area (Å²) in [6.45, 7) is 5.71. The Labute approximate surface area is 162 Å². The zero-order valence-electron chi connectivity index (χ0n) is 16.1. The van der Waals surface area contributed by atoms with Gasteiger partial charge in [0, 0.05) is 18.7 Å². The van der Waals surface area contributed by atoms with Crippen LogP contribution in [0.5, 0.6) is 5.75 Å². The molecule has 2 fully saturated rings. The topological polar surface area (TPSA) is 38.8 Å². The van der Waals surface area contributed by atoms with E-state index in [0.29, 0.717) is 11.8 Å². The van der Waals surface area contributed by atoms with Crippen molar-refractivity contribution in [2.75, 3.05) is 19.7 Å². The average Bonchev–Trinajstić information content (AvgIpc) is 2.72. The summed E-state index contributed by atoms with van der Waals surface area (Å²) in [5.74, 6) is 2.16.